The average Bonchev–Trinajstić information content (AvgIpc) is 3.29. The molecule has 0 aliphatic carbocycles. The first-order chi connectivity index (χ1) is 16.3. The lowest BCUT2D eigenvalue weighted by Crippen LogP contribution is -2.48. The van der Waals surface area contributed by atoms with Crippen molar-refractivity contribution in [1.82, 2.24) is 14.7 Å². The molecule has 5 nitrogen and oxygen atoms in total. The number of carbonyl (C=O) groups excluding carboxylic acids is 1. The minimum Gasteiger partial charge on any atom is -0.455 e. The second-order valence-corrected chi connectivity index (χ2v) is 9.94. The minimum atomic E-state index is -0.210. The molecular weight excluding hydrogens is 429 g/mol. The van der Waals surface area contributed by atoms with E-state index in [1.54, 1.807) is 12.1 Å². The molecule has 1 fully saturated rings. The lowest BCUT2D eigenvalue weighted by Gasteiger charge is -2.35. The van der Waals surface area contributed by atoms with Crippen molar-refractivity contribution in [3.63, 3.8) is 0 Å². The summed E-state index contributed by atoms with van der Waals surface area (Å²) >= 11 is 0. The molecule has 2 heterocycles. The Labute approximate surface area is 201 Å². The van der Waals surface area contributed by atoms with Crippen molar-refractivity contribution in [2.24, 2.45) is 0 Å². The Bertz CT molecular complexity index is 1080. The van der Waals surface area contributed by atoms with Crippen LogP contribution in [0.15, 0.2) is 71.1 Å². The number of halogens is 1. The van der Waals surface area contributed by atoms with Gasteiger partial charge in [-0.1, -0.05) is 48.5 Å². The van der Waals surface area contributed by atoms with Gasteiger partial charge in [-0.15, -0.1) is 0 Å². The van der Waals surface area contributed by atoms with Crippen LogP contribution < -0.4 is 0 Å². The van der Waals surface area contributed by atoms with Gasteiger partial charge in [-0.05, 0) is 44.5 Å². The van der Waals surface area contributed by atoms with E-state index in [2.05, 4.69) is 54.8 Å². The number of hydrogen-bond donors (Lipinski definition) is 0. The molecule has 1 aliphatic heterocycles. The maximum absolute atomic E-state index is 14.2. The largest absolute Gasteiger partial charge is 0.455 e. The standard InChI is InChI=1S/C28H34FN3O2/c1-28(2,3)32(20-23-11-7-8-12-25(23)29)21-24-13-14-26(34-24)27(33)31-17-15-30(16-18-31)19-22-9-5-4-6-10-22/h4-14H,15-21H2,1-3H3. The molecule has 0 atom stereocenters. The van der Waals surface area contributed by atoms with E-state index < -0.39 is 0 Å². The molecule has 180 valence electrons. The molecule has 0 unspecified atom stereocenters. The molecule has 0 spiro atoms. The van der Waals surface area contributed by atoms with Crippen molar-refractivity contribution < 1.29 is 13.6 Å². The summed E-state index contributed by atoms with van der Waals surface area (Å²) in [6.07, 6.45) is 0. The predicted molar refractivity (Wildman–Crippen MR) is 132 cm³/mol. The highest BCUT2D eigenvalue weighted by molar-refractivity contribution is 5.91. The third-order valence-electron chi connectivity index (χ3n) is 6.40. The van der Waals surface area contributed by atoms with Gasteiger partial charge < -0.3 is 9.32 Å². The van der Waals surface area contributed by atoms with Crippen molar-refractivity contribution in [2.75, 3.05) is 26.2 Å². The van der Waals surface area contributed by atoms with Gasteiger partial charge in [-0.3, -0.25) is 14.6 Å². The summed E-state index contributed by atoms with van der Waals surface area (Å²) in [5.41, 5.74) is 1.74. The first-order valence-corrected chi connectivity index (χ1v) is 11.9. The molecule has 1 saturated heterocycles. The highest BCUT2D eigenvalue weighted by atomic mass is 19.1. The Hall–Kier alpha value is -2.96. The van der Waals surface area contributed by atoms with Crippen LogP contribution in [0, 0.1) is 5.82 Å². The van der Waals surface area contributed by atoms with Crippen molar-refractivity contribution >= 4 is 5.91 Å². The number of amides is 1. The van der Waals surface area contributed by atoms with Gasteiger partial charge in [0.15, 0.2) is 5.76 Å². The summed E-state index contributed by atoms with van der Waals surface area (Å²) < 4.78 is 20.2. The molecule has 0 saturated carbocycles. The molecule has 0 bridgehead atoms. The number of piperazine rings is 1. The van der Waals surface area contributed by atoms with E-state index in [9.17, 15) is 9.18 Å². The van der Waals surface area contributed by atoms with E-state index in [-0.39, 0.29) is 17.3 Å². The van der Waals surface area contributed by atoms with Gasteiger partial charge in [0.2, 0.25) is 0 Å². The normalized spacial score (nSPS) is 15.1. The lowest BCUT2D eigenvalue weighted by molar-refractivity contribution is 0.0589. The fourth-order valence-electron chi connectivity index (χ4n) is 4.23. The molecule has 2 aromatic carbocycles. The molecule has 6 heteroatoms. The molecule has 34 heavy (non-hydrogen) atoms. The van der Waals surface area contributed by atoms with Crippen molar-refractivity contribution in [3.8, 4) is 0 Å². The van der Waals surface area contributed by atoms with Crippen LogP contribution in [0.3, 0.4) is 0 Å². The molecule has 0 radical (unpaired) electrons. The summed E-state index contributed by atoms with van der Waals surface area (Å²) in [5, 5.41) is 0. The molecule has 4 rings (SSSR count). The predicted octanol–water partition coefficient (Wildman–Crippen LogP) is 5.18. The quantitative estimate of drug-likeness (QED) is 0.484. The van der Waals surface area contributed by atoms with E-state index in [0.717, 1.165) is 19.6 Å². The Kier molecular flexibility index (Phi) is 7.49. The second-order valence-electron chi connectivity index (χ2n) is 9.94. The number of nitrogens with zero attached hydrogens (tertiary/aromatic N) is 3. The maximum Gasteiger partial charge on any atom is 0.289 e. The Morgan fingerprint density at radius 2 is 1.59 bits per heavy atom. The van der Waals surface area contributed by atoms with Crippen molar-refractivity contribution in [3.05, 3.63) is 95.2 Å². The minimum absolute atomic E-state index is 0.0676. The smallest absolute Gasteiger partial charge is 0.289 e. The van der Waals surface area contributed by atoms with Crippen molar-refractivity contribution in [2.45, 2.75) is 45.9 Å². The van der Waals surface area contributed by atoms with Gasteiger partial charge in [-0.25, -0.2) is 4.39 Å². The van der Waals surface area contributed by atoms with Gasteiger partial charge in [0, 0.05) is 50.4 Å². The fourth-order valence-corrected chi connectivity index (χ4v) is 4.23. The first-order valence-electron chi connectivity index (χ1n) is 11.9. The number of rotatable bonds is 7. The zero-order chi connectivity index (χ0) is 24.1. The monoisotopic (exact) mass is 463 g/mol. The summed E-state index contributed by atoms with van der Waals surface area (Å²) in [5.74, 6) is 0.795. The van der Waals surface area contributed by atoms with Gasteiger partial charge in [0.1, 0.15) is 11.6 Å². The molecule has 1 amide bonds. The number of carbonyl (C=O) groups is 1. The van der Waals surface area contributed by atoms with E-state index in [4.69, 9.17) is 4.42 Å². The summed E-state index contributed by atoms with van der Waals surface area (Å²) in [7, 11) is 0. The van der Waals surface area contributed by atoms with Crippen LogP contribution in [0.2, 0.25) is 0 Å². The SMILES string of the molecule is CC(C)(C)N(Cc1ccc(C(=O)N2CCN(Cc3ccccc3)CC2)o1)Cc1ccccc1F. The number of benzene rings is 2. The van der Waals surface area contributed by atoms with Crippen LogP contribution in [0.1, 0.15) is 48.2 Å². The van der Waals surface area contributed by atoms with Gasteiger partial charge >= 0.3 is 0 Å². The maximum atomic E-state index is 14.2. The summed E-state index contributed by atoms with van der Waals surface area (Å²) in [4.78, 5) is 19.4. The third kappa shape index (κ3) is 6.13. The summed E-state index contributed by atoms with van der Waals surface area (Å²) in [6, 6.07) is 20.9. The fraction of sp³-hybridized carbons (Fsp3) is 0.393. The molecule has 1 aromatic heterocycles. The molecule has 1 aliphatic rings. The van der Waals surface area contributed by atoms with Crippen LogP contribution >= 0.6 is 0 Å². The van der Waals surface area contributed by atoms with Gasteiger partial charge in [0.05, 0.1) is 6.54 Å². The molecule has 3 aromatic rings. The average molecular weight is 464 g/mol. The molecule has 0 N–H and O–H groups in total. The van der Waals surface area contributed by atoms with E-state index >= 15 is 0 Å². The van der Waals surface area contributed by atoms with E-state index in [1.165, 1.54) is 11.6 Å². The number of furan rings is 1. The highest BCUT2D eigenvalue weighted by Gasteiger charge is 2.27. The van der Waals surface area contributed by atoms with Crippen LogP contribution in [-0.2, 0) is 19.6 Å². The third-order valence-corrected chi connectivity index (χ3v) is 6.40. The van der Waals surface area contributed by atoms with Gasteiger partial charge in [-0.2, -0.15) is 0 Å². The second kappa shape index (κ2) is 10.5. The van der Waals surface area contributed by atoms with Crippen LogP contribution in [0.5, 0.6) is 0 Å². The van der Waals surface area contributed by atoms with Crippen LogP contribution in [-0.4, -0.2) is 52.3 Å². The van der Waals surface area contributed by atoms with E-state index in [1.807, 2.05) is 29.2 Å². The Balaban J connectivity index is 1.35. The van der Waals surface area contributed by atoms with E-state index in [0.29, 0.717) is 43.3 Å². The number of hydrogen-bond acceptors (Lipinski definition) is 4. The zero-order valence-electron chi connectivity index (χ0n) is 20.3. The van der Waals surface area contributed by atoms with Crippen LogP contribution in [0.4, 0.5) is 4.39 Å². The topological polar surface area (TPSA) is 39.9 Å². The lowest BCUT2D eigenvalue weighted by atomic mass is 10.0. The first kappa shape index (κ1) is 24.2. The van der Waals surface area contributed by atoms with Crippen molar-refractivity contribution in [1.29, 1.82) is 0 Å². The van der Waals surface area contributed by atoms with Gasteiger partial charge in [0.25, 0.3) is 5.91 Å². The Morgan fingerprint density at radius 3 is 2.26 bits per heavy atom. The summed E-state index contributed by atoms with van der Waals surface area (Å²) in [6.45, 7) is 11.2. The highest BCUT2D eigenvalue weighted by Crippen LogP contribution is 2.23. The van der Waals surface area contributed by atoms with Crippen LogP contribution in [0.25, 0.3) is 0 Å². The Morgan fingerprint density at radius 1 is 0.912 bits per heavy atom. The molecular formula is C28H34FN3O2. The zero-order valence-corrected chi connectivity index (χ0v) is 20.3.